The quantitative estimate of drug-likeness (QED) is 0.717. The van der Waals surface area contributed by atoms with Crippen molar-refractivity contribution in [3.8, 4) is 6.07 Å². The lowest BCUT2D eigenvalue weighted by atomic mass is 9.93. The average Bonchev–Trinajstić information content (AvgIpc) is 2.27. The maximum absolute atomic E-state index is 11.4. The van der Waals surface area contributed by atoms with Crippen LogP contribution in [0.4, 0.5) is 4.79 Å². The van der Waals surface area contributed by atoms with E-state index in [0.717, 1.165) is 32.4 Å². The van der Waals surface area contributed by atoms with E-state index in [2.05, 4.69) is 6.07 Å². The number of amides is 1. The molecule has 15 heavy (non-hydrogen) atoms. The first-order valence-corrected chi connectivity index (χ1v) is 5.56. The van der Waals surface area contributed by atoms with Crippen molar-refractivity contribution < 1.29 is 9.53 Å². The number of likely N-dealkylation sites (tertiary alicyclic amines) is 1. The molecule has 0 unspecified atom stereocenters. The first-order chi connectivity index (χ1) is 7.27. The predicted octanol–water partition coefficient (Wildman–Crippen LogP) is 2.16. The first-order valence-electron chi connectivity index (χ1n) is 5.56. The molecule has 0 aromatic carbocycles. The van der Waals surface area contributed by atoms with Crippen LogP contribution in [0.3, 0.4) is 0 Å². The van der Waals surface area contributed by atoms with Gasteiger partial charge in [0.2, 0.25) is 0 Å². The van der Waals surface area contributed by atoms with Crippen molar-refractivity contribution in [3.05, 3.63) is 0 Å². The van der Waals surface area contributed by atoms with Gasteiger partial charge in [0.05, 0.1) is 12.7 Å². The summed E-state index contributed by atoms with van der Waals surface area (Å²) in [6.07, 6.45) is 3.40. The van der Waals surface area contributed by atoms with Crippen LogP contribution in [0.25, 0.3) is 0 Å². The lowest BCUT2D eigenvalue weighted by Crippen LogP contribution is -2.38. The largest absolute Gasteiger partial charge is 0.450 e. The van der Waals surface area contributed by atoms with Gasteiger partial charge in [-0.15, -0.1) is 0 Å². The molecule has 0 atom stereocenters. The van der Waals surface area contributed by atoms with E-state index in [9.17, 15) is 4.79 Å². The lowest BCUT2D eigenvalue weighted by Gasteiger charge is -2.30. The third-order valence-electron chi connectivity index (χ3n) is 2.80. The summed E-state index contributed by atoms with van der Waals surface area (Å²) < 4.78 is 4.93. The first kappa shape index (κ1) is 11.8. The highest BCUT2D eigenvalue weighted by atomic mass is 16.6. The van der Waals surface area contributed by atoms with Gasteiger partial charge in [-0.3, -0.25) is 0 Å². The molecule has 4 heteroatoms. The van der Waals surface area contributed by atoms with Crippen LogP contribution >= 0.6 is 0 Å². The highest BCUT2D eigenvalue weighted by Gasteiger charge is 2.22. The highest BCUT2D eigenvalue weighted by molar-refractivity contribution is 5.67. The van der Waals surface area contributed by atoms with Gasteiger partial charge in [-0.1, -0.05) is 0 Å². The minimum absolute atomic E-state index is 0.198. The number of hydrogen-bond acceptors (Lipinski definition) is 3. The van der Waals surface area contributed by atoms with Crippen molar-refractivity contribution in [2.24, 2.45) is 5.92 Å². The standard InChI is InChI=1S/C11H18N2O2/c1-2-15-11(14)13-8-5-10(6-9-13)4-3-7-12/h10H,2-6,8-9H2,1H3. The summed E-state index contributed by atoms with van der Waals surface area (Å²) in [6, 6.07) is 2.16. The zero-order chi connectivity index (χ0) is 11.1. The van der Waals surface area contributed by atoms with Gasteiger partial charge >= 0.3 is 6.09 Å². The Morgan fingerprint density at radius 1 is 1.53 bits per heavy atom. The molecule has 0 spiro atoms. The van der Waals surface area contributed by atoms with Gasteiger partial charge in [0.1, 0.15) is 0 Å². The van der Waals surface area contributed by atoms with Gasteiger partial charge in [-0.25, -0.2) is 4.79 Å². The van der Waals surface area contributed by atoms with Crippen LogP contribution in [0.15, 0.2) is 0 Å². The molecule has 1 saturated heterocycles. The van der Waals surface area contributed by atoms with E-state index in [4.69, 9.17) is 10.00 Å². The Morgan fingerprint density at radius 2 is 2.20 bits per heavy atom. The molecule has 0 aliphatic carbocycles. The molecule has 0 bridgehead atoms. The van der Waals surface area contributed by atoms with Crippen LogP contribution in [0.2, 0.25) is 0 Å². The van der Waals surface area contributed by atoms with Gasteiger partial charge in [-0.05, 0) is 32.1 Å². The second kappa shape index (κ2) is 6.28. The molecule has 4 nitrogen and oxygen atoms in total. The molecule has 1 heterocycles. The monoisotopic (exact) mass is 210 g/mol. The summed E-state index contributed by atoms with van der Waals surface area (Å²) in [5.41, 5.74) is 0. The molecule has 1 rings (SSSR count). The Bertz CT molecular complexity index is 239. The van der Waals surface area contributed by atoms with Crippen LogP contribution in [-0.4, -0.2) is 30.7 Å². The molecule has 0 saturated carbocycles. The number of nitrogens with zero attached hydrogens (tertiary/aromatic N) is 2. The summed E-state index contributed by atoms with van der Waals surface area (Å²) in [5.74, 6) is 0.607. The molecule has 0 N–H and O–H groups in total. The summed E-state index contributed by atoms with van der Waals surface area (Å²) in [7, 11) is 0. The fraction of sp³-hybridized carbons (Fsp3) is 0.818. The maximum atomic E-state index is 11.4. The van der Waals surface area contributed by atoms with Crippen molar-refractivity contribution >= 4 is 6.09 Å². The zero-order valence-electron chi connectivity index (χ0n) is 9.24. The van der Waals surface area contributed by atoms with E-state index in [1.165, 1.54) is 0 Å². The van der Waals surface area contributed by atoms with Crippen LogP contribution in [0, 0.1) is 17.2 Å². The molecule has 0 aromatic heterocycles. The molecule has 0 radical (unpaired) electrons. The molecule has 1 fully saturated rings. The smallest absolute Gasteiger partial charge is 0.409 e. The van der Waals surface area contributed by atoms with Gasteiger partial charge < -0.3 is 9.64 Å². The second-order valence-electron chi connectivity index (χ2n) is 3.83. The van der Waals surface area contributed by atoms with Crippen LogP contribution in [0.5, 0.6) is 0 Å². The molecule has 0 aromatic rings. The Morgan fingerprint density at radius 3 is 2.73 bits per heavy atom. The summed E-state index contributed by atoms with van der Waals surface area (Å²) in [6.45, 7) is 3.80. The summed E-state index contributed by atoms with van der Waals surface area (Å²) >= 11 is 0. The van der Waals surface area contributed by atoms with E-state index in [1.54, 1.807) is 4.90 Å². The van der Waals surface area contributed by atoms with Crippen molar-refractivity contribution in [3.63, 3.8) is 0 Å². The third-order valence-corrected chi connectivity index (χ3v) is 2.80. The van der Waals surface area contributed by atoms with E-state index in [1.807, 2.05) is 6.92 Å². The van der Waals surface area contributed by atoms with E-state index in [0.29, 0.717) is 18.9 Å². The molecule has 84 valence electrons. The number of nitriles is 1. The molecular weight excluding hydrogens is 192 g/mol. The fourth-order valence-electron chi connectivity index (χ4n) is 1.89. The highest BCUT2D eigenvalue weighted by Crippen LogP contribution is 2.21. The third kappa shape index (κ3) is 3.78. The van der Waals surface area contributed by atoms with Crippen LogP contribution < -0.4 is 0 Å². The van der Waals surface area contributed by atoms with Gasteiger partial charge in [-0.2, -0.15) is 5.26 Å². The molecule has 1 aliphatic rings. The summed E-state index contributed by atoms with van der Waals surface area (Å²) in [4.78, 5) is 13.1. The Balaban J connectivity index is 2.23. The molecule has 1 aliphatic heterocycles. The molecule has 1 amide bonds. The van der Waals surface area contributed by atoms with E-state index >= 15 is 0 Å². The van der Waals surface area contributed by atoms with Gasteiger partial charge in [0.15, 0.2) is 0 Å². The van der Waals surface area contributed by atoms with Crippen molar-refractivity contribution in [1.29, 1.82) is 5.26 Å². The van der Waals surface area contributed by atoms with Crippen LogP contribution in [0.1, 0.15) is 32.6 Å². The maximum Gasteiger partial charge on any atom is 0.409 e. The van der Waals surface area contributed by atoms with Gasteiger partial charge in [0.25, 0.3) is 0 Å². The number of carbonyl (C=O) groups is 1. The Kier molecular flexibility index (Phi) is 4.96. The Labute approximate surface area is 90.8 Å². The fourth-order valence-corrected chi connectivity index (χ4v) is 1.89. The minimum atomic E-state index is -0.198. The number of hydrogen-bond donors (Lipinski definition) is 0. The molecular formula is C11H18N2O2. The normalized spacial score (nSPS) is 17.2. The summed E-state index contributed by atoms with van der Waals surface area (Å²) in [5, 5.41) is 8.47. The van der Waals surface area contributed by atoms with Crippen LogP contribution in [-0.2, 0) is 4.74 Å². The predicted molar refractivity (Wildman–Crippen MR) is 56.2 cm³/mol. The van der Waals surface area contributed by atoms with Crippen molar-refractivity contribution in [1.82, 2.24) is 4.90 Å². The van der Waals surface area contributed by atoms with E-state index < -0.39 is 0 Å². The number of rotatable bonds is 3. The lowest BCUT2D eigenvalue weighted by molar-refractivity contribution is 0.0911. The van der Waals surface area contributed by atoms with Gasteiger partial charge in [0, 0.05) is 19.5 Å². The van der Waals surface area contributed by atoms with Crippen molar-refractivity contribution in [2.75, 3.05) is 19.7 Å². The second-order valence-corrected chi connectivity index (χ2v) is 3.83. The number of carbonyl (C=O) groups excluding carboxylic acids is 1. The topological polar surface area (TPSA) is 53.3 Å². The number of ether oxygens (including phenoxy) is 1. The number of piperidine rings is 1. The zero-order valence-corrected chi connectivity index (χ0v) is 9.24. The Hall–Kier alpha value is -1.24. The average molecular weight is 210 g/mol. The van der Waals surface area contributed by atoms with Crippen molar-refractivity contribution in [2.45, 2.75) is 32.6 Å². The van der Waals surface area contributed by atoms with E-state index in [-0.39, 0.29) is 6.09 Å². The SMILES string of the molecule is CCOC(=O)N1CCC(CCC#N)CC1. The minimum Gasteiger partial charge on any atom is -0.450 e.